The SMILES string of the molecule is Cc1cc(C)c(N=O)c(S)c1. The zero-order valence-electron chi connectivity index (χ0n) is 6.46. The van der Waals surface area contributed by atoms with E-state index in [0.717, 1.165) is 11.1 Å². The second kappa shape index (κ2) is 3.05. The minimum absolute atomic E-state index is 0.443. The fraction of sp³-hybridized carbons (Fsp3) is 0.250. The Balaban J connectivity index is 3.36. The molecule has 0 amide bonds. The normalized spacial score (nSPS) is 9.73. The third-order valence-electron chi connectivity index (χ3n) is 1.52. The van der Waals surface area contributed by atoms with Gasteiger partial charge in [0.15, 0.2) is 0 Å². The molecule has 0 spiro atoms. The predicted molar refractivity (Wildman–Crippen MR) is 48.6 cm³/mol. The Bertz CT molecular complexity index is 273. The molecule has 0 N–H and O–H groups in total. The Morgan fingerprint density at radius 3 is 2.45 bits per heavy atom. The van der Waals surface area contributed by atoms with Gasteiger partial charge in [-0.15, -0.1) is 17.5 Å². The minimum atomic E-state index is 0.443. The van der Waals surface area contributed by atoms with Crippen molar-refractivity contribution in [2.24, 2.45) is 5.18 Å². The summed E-state index contributed by atoms with van der Waals surface area (Å²) in [6, 6.07) is 3.74. The van der Waals surface area contributed by atoms with Gasteiger partial charge in [0.2, 0.25) is 0 Å². The van der Waals surface area contributed by atoms with Gasteiger partial charge in [-0.25, -0.2) is 0 Å². The molecule has 0 bridgehead atoms. The first-order valence-corrected chi connectivity index (χ1v) is 3.73. The van der Waals surface area contributed by atoms with Crippen LogP contribution in [0.2, 0.25) is 0 Å². The van der Waals surface area contributed by atoms with Gasteiger partial charge in [0.25, 0.3) is 0 Å². The summed E-state index contributed by atoms with van der Waals surface area (Å²) in [7, 11) is 0. The van der Waals surface area contributed by atoms with Crippen molar-refractivity contribution < 1.29 is 0 Å². The monoisotopic (exact) mass is 167 g/mol. The number of hydrogen-bond donors (Lipinski definition) is 1. The van der Waals surface area contributed by atoms with Crippen LogP contribution in [0.4, 0.5) is 5.69 Å². The highest BCUT2D eigenvalue weighted by Gasteiger charge is 2.02. The average Bonchev–Trinajstić information content (AvgIpc) is 1.85. The highest BCUT2D eigenvalue weighted by Crippen LogP contribution is 2.27. The first-order valence-electron chi connectivity index (χ1n) is 3.28. The van der Waals surface area contributed by atoms with Crippen LogP contribution >= 0.6 is 12.6 Å². The van der Waals surface area contributed by atoms with Gasteiger partial charge < -0.3 is 0 Å². The molecule has 0 aromatic heterocycles. The average molecular weight is 167 g/mol. The molecule has 0 aliphatic rings. The van der Waals surface area contributed by atoms with Gasteiger partial charge in [-0.05, 0) is 36.2 Å². The van der Waals surface area contributed by atoms with Gasteiger partial charge in [0.1, 0.15) is 5.69 Å². The molecule has 0 fully saturated rings. The summed E-state index contributed by atoms with van der Waals surface area (Å²) in [4.78, 5) is 10.9. The van der Waals surface area contributed by atoms with E-state index < -0.39 is 0 Å². The lowest BCUT2D eigenvalue weighted by molar-refractivity contribution is 1.26. The van der Waals surface area contributed by atoms with Gasteiger partial charge in [-0.3, -0.25) is 0 Å². The van der Waals surface area contributed by atoms with Crippen LogP contribution in [0.25, 0.3) is 0 Å². The third-order valence-corrected chi connectivity index (χ3v) is 1.86. The molecule has 1 rings (SSSR count). The molecule has 1 aromatic rings. The molecular formula is C8H9NOS. The van der Waals surface area contributed by atoms with E-state index in [4.69, 9.17) is 0 Å². The summed E-state index contributed by atoms with van der Waals surface area (Å²) < 4.78 is 0. The van der Waals surface area contributed by atoms with E-state index in [1.165, 1.54) is 0 Å². The van der Waals surface area contributed by atoms with Crippen molar-refractivity contribution in [1.29, 1.82) is 0 Å². The summed E-state index contributed by atoms with van der Waals surface area (Å²) in [5.74, 6) is 0. The highest BCUT2D eigenvalue weighted by molar-refractivity contribution is 7.80. The molecule has 0 radical (unpaired) electrons. The van der Waals surface area contributed by atoms with Crippen molar-refractivity contribution in [1.82, 2.24) is 0 Å². The van der Waals surface area contributed by atoms with Crippen molar-refractivity contribution in [2.75, 3.05) is 0 Å². The standard InChI is InChI=1S/C8H9NOS/c1-5-3-6(2)8(9-10)7(11)4-5/h3-4,11H,1-2H3. The number of aryl methyl sites for hydroxylation is 2. The topological polar surface area (TPSA) is 29.4 Å². The van der Waals surface area contributed by atoms with Crippen molar-refractivity contribution in [2.45, 2.75) is 18.7 Å². The van der Waals surface area contributed by atoms with Gasteiger partial charge in [0.05, 0.1) is 0 Å². The molecule has 0 unspecified atom stereocenters. The Morgan fingerprint density at radius 1 is 1.36 bits per heavy atom. The second-order valence-corrected chi connectivity index (χ2v) is 3.02. The smallest absolute Gasteiger partial charge is 0.124 e. The maximum absolute atomic E-state index is 10.3. The molecular weight excluding hydrogens is 158 g/mol. The molecule has 11 heavy (non-hydrogen) atoms. The summed E-state index contributed by atoms with van der Waals surface area (Å²) in [5.41, 5.74) is 2.42. The number of hydrogen-bond acceptors (Lipinski definition) is 3. The lowest BCUT2D eigenvalue weighted by Gasteiger charge is -2.01. The largest absolute Gasteiger partial charge is 0.145 e. The summed E-state index contributed by atoms with van der Waals surface area (Å²) >= 11 is 4.12. The number of rotatable bonds is 1. The van der Waals surface area contributed by atoms with Crippen molar-refractivity contribution in [3.63, 3.8) is 0 Å². The molecule has 0 saturated carbocycles. The van der Waals surface area contributed by atoms with Gasteiger partial charge in [0, 0.05) is 4.90 Å². The minimum Gasteiger partial charge on any atom is -0.145 e. The van der Waals surface area contributed by atoms with E-state index in [9.17, 15) is 4.91 Å². The Kier molecular flexibility index (Phi) is 2.29. The maximum atomic E-state index is 10.3. The molecule has 0 saturated heterocycles. The van der Waals surface area contributed by atoms with E-state index in [0.29, 0.717) is 10.6 Å². The van der Waals surface area contributed by atoms with E-state index in [1.54, 1.807) is 0 Å². The Morgan fingerprint density at radius 2 is 2.00 bits per heavy atom. The molecule has 3 heteroatoms. The van der Waals surface area contributed by atoms with Crippen molar-refractivity contribution in [3.05, 3.63) is 28.2 Å². The number of thiol groups is 1. The van der Waals surface area contributed by atoms with Crippen LogP contribution in [0.5, 0.6) is 0 Å². The summed E-state index contributed by atoms with van der Waals surface area (Å²) in [6.07, 6.45) is 0. The van der Waals surface area contributed by atoms with E-state index in [2.05, 4.69) is 17.8 Å². The van der Waals surface area contributed by atoms with Gasteiger partial charge >= 0.3 is 0 Å². The second-order valence-electron chi connectivity index (χ2n) is 2.54. The summed E-state index contributed by atoms with van der Waals surface area (Å²) in [6.45, 7) is 3.81. The van der Waals surface area contributed by atoms with Crippen molar-refractivity contribution >= 4 is 18.3 Å². The van der Waals surface area contributed by atoms with Crippen LogP contribution in [0.3, 0.4) is 0 Å². The molecule has 58 valence electrons. The Labute approximate surface area is 71.0 Å². The van der Waals surface area contributed by atoms with E-state index in [-0.39, 0.29) is 0 Å². The molecule has 0 heterocycles. The fourth-order valence-corrected chi connectivity index (χ4v) is 1.48. The molecule has 0 aliphatic heterocycles. The number of nitroso groups, excluding NO2 is 1. The van der Waals surface area contributed by atoms with Crippen LogP contribution in [0, 0.1) is 18.8 Å². The molecule has 0 atom stereocenters. The lowest BCUT2D eigenvalue weighted by atomic mass is 10.1. The number of nitrogens with zero attached hydrogens (tertiary/aromatic N) is 1. The predicted octanol–water partition coefficient (Wildman–Crippen LogP) is 2.99. The zero-order valence-corrected chi connectivity index (χ0v) is 7.35. The molecule has 1 aromatic carbocycles. The van der Waals surface area contributed by atoms with E-state index >= 15 is 0 Å². The van der Waals surface area contributed by atoms with Crippen LogP contribution in [-0.2, 0) is 0 Å². The van der Waals surface area contributed by atoms with Crippen LogP contribution < -0.4 is 0 Å². The first-order chi connectivity index (χ1) is 5.15. The fourth-order valence-electron chi connectivity index (χ4n) is 1.06. The van der Waals surface area contributed by atoms with Crippen LogP contribution in [0.1, 0.15) is 11.1 Å². The first kappa shape index (κ1) is 8.27. The molecule has 0 aliphatic carbocycles. The lowest BCUT2D eigenvalue weighted by Crippen LogP contribution is -1.79. The van der Waals surface area contributed by atoms with Crippen molar-refractivity contribution in [3.8, 4) is 0 Å². The quantitative estimate of drug-likeness (QED) is 0.505. The molecule has 2 nitrogen and oxygen atoms in total. The van der Waals surface area contributed by atoms with Crippen LogP contribution in [0.15, 0.2) is 22.2 Å². The highest BCUT2D eigenvalue weighted by atomic mass is 32.1. The van der Waals surface area contributed by atoms with Gasteiger partial charge in [-0.2, -0.15) is 0 Å². The van der Waals surface area contributed by atoms with Gasteiger partial charge in [-0.1, -0.05) is 6.07 Å². The third kappa shape index (κ3) is 1.60. The summed E-state index contributed by atoms with van der Waals surface area (Å²) in [5, 5.41) is 2.88. The van der Waals surface area contributed by atoms with Crippen LogP contribution in [-0.4, -0.2) is 0 Å². The zero-order chi connectivity index (χ0) is 8.43. The number of benzene rings is 1. The Hall–Kier alpha value is -0.830. The maximum Gasteiger partial charge on any atom is 0.124 e. The van der Waals surface area contributed by atoms with E-state index in [1.807, 2.05) is 26.0 Å².